The van der Waals surface area contributed by atoms with Crippen LogP contribution in [-0.2, 0) is 10.0 Å². The molecule has 29 heavy (non-hydrogen) atoms. The van der Waals surface area contributed by atoms with Gasteiger partial charge in [-0.3, -0.25) is 9.52 Å². The number of amides is 1. The zero-order valence-electron chi connectivity index (χ0n) is 15.3. The molecule has 3 aromatic carbocycles. The van der Waals surface area contributed by atoms with Crippen molar-refractivity contribution in [1.82, 2.24) is 5.32 Å². The molecule has 8 heteroatoms. The predicted octanol–water partition coefficient (Wildman–Crippen LogP) is 3.95. The number of rotatable bonds is 8. The highest BCUT2D eigenvalue weighted by atomic mass is 35.5. The monoisotopic (exact) mass is 430 g/mol. The summed E-state index contributed by atoms with van der Waals surface area (Å²) in [7, 11) is -3.80. The maximum Gasteiger partial charge on any atom is 0.261 e. The number of sulfonamides is 1. The van der Waals surface area contributed by atoms with Gasteiger partial charge in [0.1, 0.15) is 12.4 Å². The van der Waals surface area contributed by atoms with E-state index in [-0.39, 0.29) is 29.3 Å². The van der Waals surface area contributed by atoms with Gasteiger partial charge in [0.2, 0.25) is 0 Å². The Kier molecular flexibility index (Phi) is 6.74. The van der Waals surface area contributed by atoms with Crippen LogP contribution in [0.25, 0.3) is 0 Å². The van der Waals surface area contributed by atoms with Crippen LogP contribution in [0.15, 0.2) is 83.8 Å². The van der Waals surface area contributed by atoms with Crippen molar-refractivity contribution >= 4 is 33.2 Å². The molecule has 150 valence electrons. The molecule has 3 aromatic rings. The van der Waals surface area contributed by atoms with E-state index < -0.39 is 15.9 Å². The molecule has 1 amide bonds. The summed E-state index contributed by atoms with van der Waals surface area (Å²) in [5, 5.41) is 3.20. The number of halogens is 1. The first-order valence-electron chi connectivity index (χ1n) is 8.80. The summed E-state index contributed by atoms with van der Waals surface area (Å²) in [5.41, 5.74) is 0.408. The second-order valence-electron chi connectivity index (χ2n) is 6.00. The number of benzene rings is 3. The van der Waals surface area contributed by atoms with E-state index in [1.54, 1.807) is 60.7 Å². The number of carbonyl (C=O) groups is 1. The average molecular weight is 431 g/mol. The molecule has 0 bridgehead atoms. The summed E-state index contributed by atoms with van der Waals surface area (Å²) < 4.78 is 33.1. The third-order valence-corrected chi connectivity index (χ3v) is 5.65. The van der Waals surface area contributed by atoms with Crippen LogP contribution >= 0.6 is 11.6 Å². The van der Waals surface area contributed by atoms with E-state index in [1.165, 1.54) is 18.2 Å². The van der Waals surface area contributed by atoms with Crippen LogP contribution in [0.4, 0.5) is 5.69 Å². The quantitative estimate of drug-likeness (QED) is 0.530. The van der Waals surface area contributed by atoms with Crippen molar-refractivity contribution in [2.24, 2.45) is 0 Å². The topological polar surface area (TPSA) is 84.5 Å². The summed E-state index contributed by atoms with van der Waals surface area (Å²) in [5.74, 6) is 0.110. The standard InChI is InChI=1S/C21H19ClN2O4S/c22-18-11-5-7-13-20(18)28-15-14-23-21(25)17-10-4-6-12-19(17)24-29(26,27)16-8-2-1-3-9-16/h1-13,24H,14-15H2,(H,23,25). The molecular weight excluding hydrogens is 412 g/mol. The number of nitrogens with one attached hydrogen (secondary N) is 2. The molecule has 0 radical (unpaired) electrons. The molecule has 0 heterocycles. The van der Waals surface area contributed by atoms with Crippen LogP contribution in [0.1, 0.15) is 10.4 Å². The number of anilines is 1. The Labute approximate surface area is 174 Å². The van der Waals surface area contributed by atoms with Crippen LogP contribution < -0.4 is 14.8 Å². The minimum atomic E-state index is -3.80. The molecule has 0 aromatic heterocycles. The number of para-hydroxylation sites is 2. The van der Waals surface area contributed by atoms with Crippen molar-refractivity contribution in [2.45, 2.75) is 4.90 Å². The fraction of sp³-hybridized carbons (Fsp3) is 0.0952. The van der Waals surface area contributed by atoms with Crippen LogP contribution in [-0.4, -0.2) is 27.5 Å². The van der Waals surface area contributed by atoms with Crippen molar-refractivity contribution in [1.29, 1.82) is 0 Å². The van der Waals surface area contributed by atoms with Gasteiger partial charge in [0.25, 0.3) is 15.9 Å². The van der Waals surface area contributed by atoms with Crippen molar-refractivity contribution < 1.29 is 17.9 Å². The molecule has 0 atom stereocenters. The van der Waals surface area contributed by atoms with E-state index in [0.717, 1.165) is 0 Å². The molecular formula is C21H19ClN2O4S. The van der Waals surface area contributed by atoms with Crippen LogP contribution in [0, 0.1) is 0 Å². The summed E-state index contributed by atoms with van der Waals surface area (Å²) >= 11 is 6.02. The van der Waals surface area contributed by atoms with E-state index >= 15 is 0 Å². The summed E-state index contributed by atoms with van der Waals surface area (Å²) in [6, 6.07) is 21.4. The van der Waals surface area contributed by atoms with Crippen molar-refractivity contribution in [2.75, 3.05) is 17.9 Å². The lowest BCUT2D eigenvalue weighted by Crippen LogP contribution is -2.29. The summed E-state index contributed by atoms with van der Waals surface area (Å²) in [6.45, 7) is 0.442. The normalized spacial score (nSPS) is 10.9. The Hall–Kier alpha value is -3.03. The largest absolute Gasteiger partial charge is 0.490 e. The molecule has 0 spiro atoms. The molecule has 0 fully saturated rings. The van der Waals surface area contributed by atoms with E-state index in [9.17, 15) is 13.2 Å². The first kappa shape index (κ1) is 20.7. The first-order valence-corrected chi connectivity index (χ1v) is 10.7. The molecule has 0 aliphatic carbocycles. The number of carbonyl (C=O) groups excluding carboxylic acids is 1. The van der Waals surface area contributed by atoms with Crippen molar-refractivity contribution in [3.05, 3.63) is 89.4 Å². The van der Waals surface area contributed by atoms with Crippen LogP contribution in [0.3, 0.4) is 0 Å². The van der Waals surface area contributed by atoms with Crippen LogP contribution in [0.2, 0.25) is 5.02 Å². The highest BCUT2D eigenvalue weighted by Gasteiger charge is 2.18. The van der Waals surface area contributed by atoms with Gasteiger partial charge in [-0.05, 0) is 36.4 Å². The van der Waals surface area contributed by atoms with E-state index in [1.807, 2.05) is 0 Å². The molecule has 6 nitrogen and oxygen atoms in total. The van der Waals surface area contributed by atoms with Gasteiger partial charge in [0, 0.05) is 0 Å². The summed E-state index contributed by atoms with van der Waals surface area (Å²) in [6.07, 6.45) is 0. The van der Waals surface area contributed by atoms with E-state index in [4.69, 9.17) is 16.3 Å². The highest BCUT2D eigenvalue weighted by Crippen LogP contribution is 2.23. The Bertz CT molecular complexity index is 1090. The fourth-order valence-electron chi connectivity index (χ4n) is 2.56. The van der Waals surface area contributed by atoms with E-state index in [0.29, 0.717) is 10.8 Å². The zero-order chi connectivity index (χ0) is 20.7. The lowest BCUT2D eigenvalue weighted by Gasteiger charge is -2.13. The summed E-state index contributed by atoms with van der Waals surface area (Å²) in [4.78, 5) is 12.7. The van der Waals surface area contributed by atoms with Crippen molar-refractivity contribution in [3.63, 3.8) is 0 Å². The number of hydrogen-bond acceptors (Lipinski definition) is 4. The SMILES string of the molecule is O=C(NCCOc1ccccc1Cl)c1ccccc1NS(=O)(=O)c1ccccc1. The maximum absolute atomic E-state index is 12.6. The van der Waals surface area contributed by atoms with Gasteiger partial charge >= 0.3 is 0 Å². The van der Waals surface area contributed by atoms with Gasteiger partial charge in [-0.15, -0.1) is 0 Å². The van der Waals surface area contributed by atoms with Gasteiger partial charge in [-0.1, -0.05) is 54.1 Å². The number of ether oxygens (including phenoxy) is 1. The smallest absolute Gasteiger partial charge is 0.261 e. The average Bonchev–Trinajstić information content (AvgIpc) is 2.73. The van der Waals surface area contributed by atoms with Gasteiger partial charge in [0.15, 0.2) is 0 Å². The maximum atomic E-state index is 12.6. The van der Waals surface area contributed by atoms with Gasteiger partial charge < -0.3 is 10.1 Å². The van der Waals surface area contributed by atoms with Crippen molar-refractivity contribution in [3.8, 4) is 5.75 Å². The molecule has 2 N–H and O–H groups in total. The van der Waals surface area contributed by atoms with Gasteiger partial charge in [-0.25, -0.2) is 8.42 Å². The Morgan fingerprint density at radius 1 is 0.897 bits per heavy atom. The van der Waals surface area contributed by atoms with E-state index in [2.05, 4.69) is 10.0 Å². The minimum absolute atomic E-state index is 0.114. The molecule has 0 aliphatic heterocycles. The zero-order valence-corrected chi connectivity index (χ0v) is 16.9. The molecule has 3 rings (SSSR count). The fourth-order valence-corrected chi connectivity index (χ4v) is 3.85. The third-order valence-electron chi connectivity index (χ3n) is 3.95. The van der Waals surface area contributed by atoms with Gasteiger partial charge in [-0.2, -0.15) is 0 Å². The predicted molar refractivity (Wildman–Crippen MR) is 113 cm³/mol. The Balaban J connectivity index is 1.64. The molecule has 0 aliphatic rings. The lowest BCUT2D eigenvalue weighted by atomic mass is 10.1. The third kappa shape index (κ3) is 5.49. The highest BCUT2D eigenvalue weighted by molar-refractivity contribution is 7.92. The molecule has 0 saturated carbocycles. The lowest BCUT2D eigenvalue weighted by molar-refractivity contribution is 0.0948. The number of hydrogen-bond donors (Lipinski definition) is 2. The second-order valence-corrected chi connectivity index (χ2v) is 8.09. The minimum Gasteiger partial charge on any atom is -0.490 e. The second kappa shape index (κ2) is 9.45. The molecule has 0 saturated heterocycles. The Morgan fingerprint density at radius 3 is 2.31 bits per heavy atom. The Morgan fingerprint density at radius 2 is 1.55 bits per heavy atom. The van der Waals surface area contributed by atoms with Gasteiger partial charge in [0.05, 0.1) is 27.7 Å². The molecule has 0 unspecified atom stereocenters. The van der Waals surface area contributed by atoms with Crippen LogP contribution in [0.5, 0.6) is 5.75 Å². The first-order chi connectivity index (χ1) is 14.0.